The summed E-state index contributed by atoms with van der Waals surface area (Å²) in [5.41, 5.74) is 1.80. The molecule has 3 aromatic rings. The average molecular weight is 451 g/mol. The van der Waals surface area contributed by atoms with Crippen LogP contribution in [0.15, 0.2) is 47.8 Å². The van der Waals surface area contributed by atoms with Gasteiger partial charge in [0.2, 0.25) is 11.8 Å². The minimum Gasteiger partial charge on any atom is -0.497 e. The van der Waals surface area contributed by atoms with E-state index in [1.165, 1.54) is 25.3 Å². The first kappa shape index (κ1) is 22.4. The lowest BCUT2D eigenvalue weighted by atomic mass is 10.2. The molecule has 1 aromatic carbocycles. The number of alkyl halides is 3. The van der Waals surface area contributed by atoms with E-state index < -0.39 is 35.5 Å². The molecule has 9 nitrogen and oxygen atoms in total. The van der Waals surface area contributed by atoms with Crippen LogP contribution in [0.4, 0.5) is 17.6 Å². The van der Waals surface area contributed by atoms with Crippen LogP contribution in [-0.2, 0) is 0 Å². The molecule has 2 aromatic heterocycles. The third kappa shape index (κ3) is 5.65. The Morgan fingerprint density at radius 3 is 2.62 bits per heavy atom. The highest BCUT2D eigenvalue weighted by molar-refractivity contribution is 5.95. The lowest BCUT2D eigenvalue weighted by Gasteiger charge is -2.08. The van der Waals surface area contributed by atoms with Crippen molar-refractivity contribution < 1.29 is 36.9 Å². The lowest BCUT2D eigenvalue weighted by Crippen LogP contribution is -2.20. The first-order chi connectivity index (χ1) is 15.2. The van der Waals surface area contributed by atoms with E-state index in [0.29, 0.717) is 5.75 Å². The standard InChI is InChI=1S/C19H13F4N5O4/c1-31-12-3-4-13(20)11(6-12)8-26-28-18(30)16-17(29)25-9-14(27-16)10-2-5-15(24-7-10)32-19(21,22)23/h2-9H,1H3,(H,25,29)(H,28,30)/b26-8+. The van der Waals surface area contributed by atoms with Gasteiger partial charge in [0.15, 0.2) is 5.69 Å². The number of pyridine rings is 1. The van der Waals surface area contributed by atoms with E-state index in [0.717, 1.165) is 30.7 Å². The second kappa shape index (κ2) is 9.24. The van der Waals surface area contributed by atoms with Crippen LogP contribution >= 0.6 is 0 Å². The van der Waals surface area contributed by atoms with Gasteiger partial charge in [-0.3, -0.25) is 4.79 Å². The molecule has 0 saturated heterocycles. The number of carbonyl (C=O) groups is 1. The number of hydrogen-bond donors (Lipinski definition) is 2. The molecule has 0 fully saturated rings. The molecule has 2 N–H and O–H groups in total. The molecule has 3 rings (SSSR count). The summed E-state index contributed by atoms with van der Waals surface area (Å²) in [6.45, 7) is 0. The van der Waals surface area contributed by atoms with Gasteiger partial charge in [-0.2, -0.15) is 5.10 Å². The smallest absolute Gasteiger partial charge is 0.497 e. The second-order valence-corrected chi connectivity index (χ2v) is 5.95. The van der Waals surface area contributed by atoms with Crippen LogP contribution in [0.2, 0.25) is 0 Å². The van der Waals surface area contributed by atoms with Crippen LogP contribution in [-0.4, -0.2) is 45.7 Å². The highest BCUT2D eigenvalue weighted by atomic mass is 19.4. The van der Waals surface area contributed by atoms with E-state index in [-0.39, 0.29) is 16.8 Å². The quantitative estimate of drug-likeness (QED) is 0.336. The molecule has 0 atom stereocenters. The van der Waals surface area contributed by atoms with Crippen LogP contribution in [0, 0.1) is 5.82 Å². The minimum atomic E-state index is -4.90. The Hall–Kier alpha value is -4.29. The van der Waals surface area contributed by atoms with E-state index in [9.17, 15) is 27.5 Å². The molecule has 0 saturated carbocycles. The van der Waals surface area contributed by atoms with Gasteiger partial charge in [0.25, 0.3) is 5.91 Å². The number of carbonyl (C=O) groups excluding carboxylic acids is 1. The first-order valence-corrected chi connectivity index (χ1v) is 8.61. The maximum atomic E-state index is 13.8. The van der Waals surface area contributed by atoms with E-state index >= 15 is 0 Å². The van der Waals surface area contributed by atoms with E-state index in [2.05, 4.69) is 30.2 Å². The van der Waals surface area contributed by atoms with Crippen LogP contribution in [0.1, 0.15) is 16.1 Å². The van der Waals surface area contributed by atoms with Gasteiger partial charge in [0.05, 0.1) is 25.2 Å². The molecule has 13 heteroatoms. The van der Waals surface area contributed by atoms with Gasteiger partial charge >= 0.3 is 6.36 Å². The molecule has 0 aliphatic heterocycles. The summed E-state index contributed by atoms with van der Waals surface area (Å²) in [6, 6.07) is 6.07. The predicted molar refractivity (Wildman–Crippen MR) is 102 cm³/mol. The number of halogens is 4. The fraction of sp³-hybridized carbons (Fsp3) is 0.105. The number of nitrogens with zero attached hydrogens (tertiary/aromatic N) is 4. The number of aromatic hydroxyl groups is 1. The van der Waals surface area contributed by atoms with Gasteiger partial charge in [-0.15, -0.1) is 13.2 Å². The summed E-state index contributed by atoms with van der Waals surface area (Å²) in [4.78, 5) is 23.3. The van der Waals surface area contributed by atoms with Crippen LogP contribution < -0.4 is 14.9 Å². The highest BCUT2D eigenvalue weighted by Crippen LogP contribution is 2.24. The average Bonchev–Trinajstić information content (AvgIpc) is 2.75. The van der Waals surface area contributed by atoms with Crippen molar-refractivity contribution in [3.63, 3.8) is 0 Å². The fourth-order valence-electron chi connectivity index (χ4n) is 2.35. The van der Waals surface area contributed by atoms with Crippen molar-refractivity contribution in [2.24, 2.45) is 5.10 Å². The van der Waals surface area contributed by atoms with Crippen LogP contribution in [0.5, 0.6) is 17.5 Å². The molecule has 0 radical (unpaired) electrons. The summed E-state index contributed by atoms with van der Waals surface area (Å²) in [7, 11) is 1.40. The van der Waals surface area contributed by atoms with E-state index in [4.69, 9.17) is 4.74 Å². The molecular weight excluding hydrogens is 438 g/mol. The number of methoxy groups -OCH3 is 1. The highest BCUT2D eigenvalue weighted by Gasteiger charge is 2.31. The SMILES string of the molecule is COc1ccc(F)c(/C=N/NC(=O)c2nc(-c3ccc(OC(F)(F)F)nc3)cnc2O)c1. The maximum absolute atomic E-state index is 13.8. The summed E-state index contributed by atoms with van der Waals surface area (Å²) in [6.07, 6.45) is -1.77. The number of hydrazone groups is 1. The summed E-state index contributed by atoms with van der Waals surface area (Å²) < 4.78 is 59.1. The molecule has 2 heterocycles. The van der Waals surface area contributed by atoms with Gasteiger partial charge in [-0.05, 0) is 24.3 Å². The van der Waals surface area contributed by atoms with E-state index in [1.54, 1.807) is 0 Å². The van der Waals surface area contributed by atoms with Crippen molar-refractivity contribution in [1.82, 2.24) is 20.4 Å². The van der Waals surface area contributed by atoms with Crippen molar-refractivity contribution >= 4 is 12.1 Å². The third-order valence-corrected chi connectivity index (χ3v) is 3.79. The zero-order valence-corrected chi connectivity index (χ0v) is 16.1. The number of hydrogen-bond acceptors (Lipinski definition) is 8. The molecule has 0 spiro atoms. The Balaban J connectivity index is 1.76. The number of ether oxygens (including phenoxy) is 2. The van der Waals surface area contributed by atoms with Gasteiger partial charge in [-0.25, -0.2) is 24.8 Å². The summed E-state index contributed by atoms with van der Waals surface area (Å²) in [5, 5.41) is 13.4. The van der Waals surface area contributed by atoms with Crippen LogP contribution in [0.3, 0.4) is 0 Å². The van der Waals surface area contributed by atoms with Gasteiger partial charge in [-0.1, -0.05) is 0 Å². The molecule has 0 unspecified atom stereocenters. The molecule has 0 bridgehead atoms. The van der Waals surface area contributed by atoms with Crippen molar-refractivity contribution in [3.05, 3.63) is 59.8 Å². The zero-order valence-electron chi connectivity index (χ0n) is 16.1. The number of benzene rings is 1. The number of nitrogens with one attached hydrogen (secondary N) is 1. The molecular formula is C19H13F4N5O4. The van der Waals surface area contributed by atoms with Gasteiger partial charge < -0.3 is 14.6 Å². The van der Waals surface area contributed by atoms with Crippen molar-refractivity contribution in [2.75, 3.05) is 7.11 Å². The second-order valence-electron chi connectivity index (χ2n) is 5.95. The number of aromatic nitrogens is 3. The summed E-state index contributed by atoms with van der Waals surface area (Å²) in [5.74, 6) is -2.63. The topological polar surface area (TPSA) is 119 Å². The monoisotopic (exact) mass is 451 g/mol. The number of rotatable bonds is 6. The van der Waals surface area contributed by atoms with Crippen molar-refractivity contribution in [3.8, 4) is 28.8 Å². The van der Waals surface area contributed by atoms with Crippen molar-refractivity contribution in [2.45, 2.75) is 6.36 Å². The Labute approximate surface area is 177 Å². The van der Waals surface area contributed by atoms with Crippen molar-refractivity contribution in [1.29, 1.82) is 0 Å². The minimum absolute atomic E-state index is 0.0287. The first-order valence-electron chi connectivity index (χ1n) is 8.61. The molecule has 166 valence electrons. The number of amides is 1. The Morgan fingerprint density at radius 2 is 1.97 bits per heavy atom. The van der Waals surface area contributed by atoms with Crippen LogP contribution in [0.25, 0.3) is 11.3 Å². The Kier molecular flexibility index (Phi) is 6.47. The largest absolute Gasteiger partial charge is 0.574 e. The fourth-order valence-corrected chi connectivity index (χ4v) is 2.35. The summed E-state index contributed by atoms with van der Waals surface area (Å²) >= 11 is 0. The Bertz CT molecular complexity index is 1150. The predicted octanol–water partition coefficient (Wildman–Crippen LogP) is 3.05. The normalized spacial score (nSPS) is 11.4. The molecule has 32 heavy (non-hydrogen) atoms. The van der Waals surface area contributed by atoms with E-state index in [1.807, 2.05) is 0 Å². The van der Waals surface area contributed by atoms with Gasteiger partial charge in [0, 0.05) is 23.4 Å². The maximum Gasteiger partial charge on any atom is 0.574 e. The molecule has 0 aliphatic rings. The van der Waals surface area contributed by atoms with Gasteiger partial charge in [0.1, 0.15) is 11.6 Å². The molecule has 0 aliphatic carbocycles. The Morgan fingerprint density at radius 1 is 1.19 bits per heavy atom. The lowest BCUT2D eigenvalue weighted by molar-refractivity contribution is -0.276. The third-order valence-electron chi connectivity index (χ3n) is 3.79. The molecule has 1 amide bonds. The zero-order chi connectivity index (χ0) is 23.3.